The number of aromatic nitrogens is 1. The summed E-state index contributed by atoms with van der Waals surface area (Å²) in [6.45, 7) is 3.53. The van der Waals surface area contributed by atoms with Gasteiger partial charge in [0.25, 0.3) is 0 Å². The minimum atomic E-state index is -0.561. The van der Waals surface area contributed by atoms with Gasteiger partial charge in [-0.15, -0.1) is 0 Å². The largest absolute Gasteiger partial charge is 0.462 e. The van der Waals surface area contributed by atoms with Crippen molar-refractivity contribution in [3.8, 4) is 11.3 Å². The Kier molecular flexibility index (Phi) is 4.18. The van der Waals surface area contributed by atoms with Gasteiger partial charge in [0.15, 0.2) is 0 Å². The second kappa shape index (κ2) is 5.68. The first kappa shape index (κ1) is 14.0. The summed E-state index contributed by atoms with van der Waals surface area (Å²) in [5.74, 6) is -0.678. The van der Waals surface area contributed by atoms with Crippen molar-refractivity contribution in [2.45, 2.75) is 13.8 Å². The third-order valence-corrected chi connectivity index (χ3v) is 3.38. The standard InChI is InChI=1S/C13H11FINO3/c1-3-18-13(17)10-7(2)19-16-12(10)8-5-4-6-9(15)11(8)14/h4-6H,3H2,1-2H3. The van der Waals surface area contributed by atoms with Crippen LogP contribution in [0.2, 0.25) is 0 Å². The summed E-state index contributed by atoms with van der Waals surface area (Å²) in [6, 6.07) is 4.88. The molecule has 19 heavy (non-hydrogen) atoms. The molecule has 1 aromatic heterocycles. The van der Waals surface area contributed by atoms with Crippen molar-refractivity contribution < 1.29 is 18.4 Å². The molecule has 1 aromatic carbocycles. The lowest BCUT2D eigenvalue weighted by atomic mass is 10.1. The Morgan fingerprint density at radius 1 is 1.53 bits per heavy atom. The fourth-order valence-corrected chi connectivity index (χ4v) is 2.18. The van der Waals surface area contributed by atoms with Crippen LogP contribution in [0, 0.1) is 16.3 Å². The number of rotatable bonds is 3. The van der Waals surface area contributed by atoms with Crippen molar-refractivity contribution in [3.05, 3.63) is 38.9 Å². The topological polar surface area (TPSA) is 52.3 Å². The number of benzene rings is 1. The highest BCUT2D eigenvalue weighted by Crippen LogP contribution is 2.29. The van der Waals surface area contributed by atoms with E-state index in [0.29, 0.717) is 9.33 Å². The molecule has 0 amide bonds. The molecule has 0 saturated heterocycles. The number of aryl methyl sites for hydroxylation is 1. The molecule has 0 fully saturated rings. The van der Waals surface area contributed by atoms with Crippen LogP contribution in [0.1, 0.15) is 23.0 Å². The second-order valence-corrected chi connectivity index (χ2v) is 4.95. The lowest BCUT2D eigenvalue weighted by Gasteiger charge is -2.04. The Labute approximate surface area is 123 Å². The molecular weight excluding hydrogens is 364 g/mol. The third kappa shape index (κ3) is 2.63. The lowest BCUT2D eigenvalue weighted by Crippen LogP contribution is -2.07. The molecule has 0 bridgehead atoms. The molecule has 2 aromatic rings. The lowest BCUT2D eigenvalue weighted by molar-refractivity contribution is 0.0525. The van der Waals surface area contributed by atoms with Gasteiger partial charge in [-0.05, 0) is 48.6 Å². The maximum atomic E-state index is 14.1. The quantitative estimate of drug-likeness (QED) is 0.608. The van der Waals surface area contributed by atoms with Crippen LogP contribution >= 0.6 is 22.6 Å². The van der Waals surface area contributed by atoms with Gasteiger partial charge >= 0.3 is 5.97 Å². The summed E-state index contributed by atoms with van der Waals surface area (Å²) in [6.07, 6.45) is 0. The van der Waals surface area contributed by atoms with Crippen molar-refractivity contribution in [2.24, 2.45) is 0 Å². The molecule has 0 aliphatic heterocycles. The smallest absolute Gasteiger partial charge is 0.344 e. The van der Waals surface area contributed by atoms with Crippen molar-refractivity contribution in [3.63, 3.8) is 0 Å². The Morgan fingerprint density at radius 3 is 2.95 bits per heavy atom. The van der Waals surface area contributed by atoms with Gasteiger partial charge in [-0.3, -0.25) is 0 Å². The average molecular weight is 375 g/mol. The maximum absolute atomic E-state index is 14.1. The minimum Gasteiger partial charge on any atom is -0.462 e. The zero-order valence-electron chi connectivity index (χ0n) is 10.4. The summed E-state index contributed by atoms with van der Waals surface area (Å²) >= 11 is 1.88. The Hall–Kier alpha value is -1.44. The number of ether oxygens (including phenoxy) is 1. The Bertz CT molecular complexity index is 624. The Morgan fingerprint density at radius 2 is 2.26 bits per heavy atom. The predicted molar refractivity (Wildman–Crippen MR) is 75.3 cm³/mol. The van der Waals surface area contributed by atoms with E-state index in [9.17, 15) is 9.18 Å². The van der Waals surface area contributed by atoms with E-state index in [-0.39, 0.29) is 23.4 Å². The monoisotopic (exact) mass is 375 g/mol. The van der Waals surface area contributed by atoms with Gasteiger partial charge in [0.05, 0.1) is 6.61 Å². The highest BCUT2D eigenvalue weighted by atomic mass is 127. The minimum absolute atomic E-state index is 0.169. The first-order chi connectivity index (χ1) is 9.06. The fourth-order valence-electron chi connectivity index (χ4n) is 1.69. The summed E-state index contributed by atoms with van der Waals surface area (Å²) in [4.78, 5) is 11.9. The molecule has 0 unspecified atom stereocenters. The number of carbonyl (C=O) groups is 1. The molecule has 0 saturated carbocycles. The number of hydrogen-bond acceptors (Lipinski definition) is 4. The number of nitrogens with zero attached hydrogens (tertiary/aromatic N) is 1. The van der Waals surface area contributed by atoms with E-state index in [1.165, 1.54) is 0 Å². The zero-order valence-corrected chi connectivity index (χ0v) is 12.5. The molecule has 0 aliphatic carbocycles. The van der Waals surface area contributed by atoms with Crippen molar-refractivity contribution >= 4 is 28.6 Å². The first-order valence-corrected chi connectivity index (χ1v) is 6.72. The molecule has 0 atom stereocenters. The van der Waals surface area contributed by atoms with Crippen LogP contribution in [0.25, 0.3) is 11.3 Å². The predicted octanol–water partition coefficient (Wildman–Crippen LogP) is 3.57. The summed E-state index contributed by atoms with van der Waals surface area (Å²) in [5, 5.41) is 3.77. The third-order valence-electron chi connectivity index (χ3n) is 2.55. The van der Waals surface area contributed by atoms with Crippen LogP contribution < -0.4 is 0 Å². The SMILES string of the molecule is CCOC(=O)c1c(-c2cccc(I)c2F)noc1C. The van der Waals surface area contributed by atoms with E-state index >= 15 is 0 Å². The Balaban J connectivity index is 2.57. The van der Waals surface area contributed by atoms with Crippen LogP contribution in [-0.4, -0.2) is 17.7 Å². The molecule has 100 valence electrons. The van der Waals surface area contributed by atoms with Gasteiger partial charge < -0.3 is 9.26 Å². The molecule has 0 aliphatic rings. The molecule has 0 radical (unpaired) electrons. The van der Waals surface area contributed by atoms with Crippen LogP contribution in [0.4, 0.5) is 4.39 Å². The highest BCUT2D eigenvalue weighted by Gasteiger charge is 2.25. The van der Waals surface area contributed by atoms with Gasteiger partial charge in [0, 0.05) is 9.13 Å². The maximum Gasteiger partial charge on any atom is 0.344 e. The number of halogens is 2. The summed E-state index contributed by atoms with van der Waals surface area (Å²) in [7, 11) is 0. The van der Waals surface area contributed by atoms with Crippen molar-refractivity contribution in [2.75, 3.05) is 6.61 Å². The van der Waals surface area contributed by atoms with Gasteiger partial charge in [-0.1, -0.05) is 11.2 Å². The highest BCUT2D eigenvalue weighted by molar-refractivity contribution is 14.1. The average Bonchev–Trinajstić information content (AvgIpc) is 2.75. The van der Waals surface area contributed by atoms with E-state index in [2.05, 4.69) is 5.16 Å². The number of carbonyl (C=O) groups excluding carboxylic acids is 1. The number of esters is 1. The number of hydrogen-bond donors (Lipinski definition) is 0. The molecule has 6 heteroatoms. The van der Waals surface area contributed by atoms with E-state index in [1.807, 2.05) is 22.6 Å². The van der Waals surface area contributed by atoms with Gasteiger partial charge in [-0.2, -0.15) is 0 Å². The van der Waals surface area contributed by atoms with E-state index < -0.39 is 11.8 Å². The van der Waals surface area contributed by atoms with Gasteiger partial charge in [-0.25, -0.2) is 9.18 Å². The van der Waals surface area contributed by atoms with Crippen molar-refractivity contribution in [1.29, 1.82) is 0 Å². The van der Waals surface area contributed by atoms with Gasteiger partial charge in [0.2, 0.25) is 0 Å². The van der Waals surface area contributed by atoms with Crippen LogP contribution in [0.15, 0.2) is 22.7 Å². The molecule has 4 nitrogen and oxygen atoms in total. The zero-order chi connectivity index (χ0) is 14.0. The first-order valence-electron chi connectivity index (χ1n) is 5.64. The van der Waals surface area contributed by atoms with E-state index in [4.69, 9.17) is 9.26 Å². The van der Waals surface area contributed by atoms with Crippen LogP contribution in [-0.2, 0) is 4.74 Å². The summed E-state index contributed by atoms with van der Waals surface area (Å²) < 4.78 is 24.5. The van der Waals surface area contributed by atoms with Crippen molar-refractivity contribution in [1.82, 2.24) is 5.16 Å². The molecule has 1 heterocycles. The van der Waals surface area contributed by atoms with Crippen LogP contribution in [0.3, 0.4) is 0 Å². The fraction of sp³-hybridized carbons (Fsp3) is 0.231. The normalized spacial score (nSPS) is 10.5. The van der Waals surface area contributed by atoms with E-state index in [0.717, 1.165) is 0 Å². The molecule has 0 N–H and O–H groups in total. The van der Waals surface area contributed by atoms with Crippen LogP contribution in [0.5, 0.6) is 0 Å². The molecule has 0 spiro atoms. The van der Waals surface area contributed by atoms with E-state index in [1.54, 1.807) is 32.0 Å². The van der Waals surface area contributed by atoms with Gasteiger partial charge in [0.1, 0.15) is 22.8 Å². The second-order valence-electron chi connectivity index (χ2n) is 3.78. The molecule has 2 rings (SSSR count). The summed E-state index contributed by atoms with van der Waals surface area (Å²) in [5.41, 5.74) is 0.571. The molecular formula is C13H11FINO3.